The minimum Gasteiger partial charge on any atom is -0.497 e. The van der Waals surface area contributed by atoms with E-state index in [-0.39, 0.29) is 12.2 Å². The van der Waals surface area contributed by atoms with Crippen LogP contribution in [0.5, 0.6) is 17.2 Å². The van der Waals surface area contributed by atoms with Crippen LogP contribution in [0.1, 0.15) is 37.9 Å². The Balaban J connectivity index is 1.92. The van der Waals surface area contributed by atoms with Crippen LogP contribution in [-0.2, 0) is 9.53 Å². The lowest BCUT2D eigenvalue weighted by Crippen LogP contribution is -2.39. The molecular formula is C27H27ClN2O6S. The number of hydrogen-bond donors (Lipinski definition) is 0. The van der Waals surface area contributed by atoms with E-state index < -0.39 is 12.0 Å². The molecule has 194 valence electrons. The molecule has 0 bridgehead atoms. The SMILES string of the molecule is CCOC(=O)C1=C(C)N=c2s/c(=C\c3cc(Cl)c(OC)c(OCC)c3)c(=O)n2[C@@H]1c1ccc(OC)cc1. The van der Waals surface area contributed by atoms with Crippen molar-refractivity contribution in [3.8, 4) is 17.2 Å². The molecule has 1 aliphatic heterocycles. The van der Waals surface area contributed by atoms with E-state index in [1.807, 2.05) is 19.1 Å². The van der Waals surface area contributed by atoms with Crippen molar-refractivity contribution in [3.05, 3.63) is 83.5 Å². The van der Waals surface area contributed by atoms with Crippen LogP contribution < -0.4 is 29.1 Å². The molecule has 8 nitrogen and oxygen atoms in total. The number of fused-ring (bicyclic) bond motifs is 1. The van der Waals surface area contributed by atoms with Gasteiger partial charge in [-0.1, -0.05) is 35.1 Å². The zero-order valence-electron chi connectivity index (χ0n) is 21.2. The van der Waals surface area contributed by atoms with E-state index in [1.165, 1.54) is 23.0 Å². The molecule has 2 heterocycles. The Labute approximate surface area is 223 Å². The Bertz CT molecular complexity index is 1540. The standard InChI is InChI=1S/C27H27ClN2O6S/c1-6-35-20-13-16(12-19(28)24(20)34-5)14-21-25(31)30-23(17-8-10-18(33-4)11-9-17)22(26(32)36-7-2)15(3)29-27(30)37-21/h8-14,23H,6-7H2,1-5H3/b21-14-/t23-/m1/s1. The van der Waals surface area contributed by atoms with Crippen LogP contribution in [0.25, 0.3) is 6.08 Å². The Hall–Kier alpha value is -3.56. The molecule has 2 aromatic carbocycles. The summed E-state index contributed by atoms with van der Waals surface area (Å²) < 4.78 is 23.6. The van der Waals surface area contributed by atoms with Crippen molar-refractivity contribution in [1.29, 1.82) is 0 Å². The number of thiazole rings is 1. The average Bonchev–Trinajstić information content (AvgIpc) is 3.17. The Kier molecular flexibility index (Phi) is 8.04. The number of nitrogens with zero attached hydrogens (tertiary/aromatic N) is 2. The Morgan fingerprint density at radius 2 is 1.86 bits per heavy atom. The highest BCUT2D eigenvalue weighted by molar-refractivity contribution is 7.07. The van der Waals surface area contributed by atoms with Gasteiger partial charge in [-0.2, -0.15) is 0 Å². The van der Waals surface area contributed by atoms with E-state index in [4.69, 9.17) is 30.5 Å². The molecule has 0 aliphatic carbocycles. The summed E-state index contributed by atoms with van der Waals surface area (Å²) in [5.41, 5.74) is 1.93. The third kappa shape index (κ3) is 5.14. The minimum atomic E-state index is -0.707. The topological polar surface area (TPSA) is 88.4 Å². The number of carbonyl (C=O) groups excluding carboxylic acids is 1. The average molecular weight is 543 g/mol. The quantitative estimate of drug-likeness (QED) is 0.402. The van der Waals surface area contributed by atoms with Crippen LogP contribution in [0.4, 0.5) is 0 Å². The second kappa shape index (κ2) is 11.2. The molecule has 0 fully saturated rings. The van der Waals surface area contributed by atoms with Crippen molar-refractivity contribution in [3.63, 3.8) is 0 Å². The van der Waals surface area contributed by atoms with E-state index in [1.54, 1.807) is 51.3 Å². The van der Waals surface area contributed by atoms with Gasteiger partial charge in [0.2, 0.25) is 0 Å². The zero-order valence-corrected chi connectivity index (χ0v) is 22.7. The molecule has 37 heavy (non-hydrogen) atoms. The molecule has 0 radical (unpaired) electrons. The van der Waals surface area contributed by atoms with Crippen molar-refractivity contribution < 1.29 is 23.7 Å². The smallest absolute Gasteiger partial charge is 0.338 e. The number of methoxy groups -OCH3 is 2. The van der Waals surface area contributed by atoms with E-state index in [2.05, 4.69) is 4.99 Å². The molecular weight excluding hydrogens is 516 g/mol. The number of aromatic nitrogens is 1. The van der Waals surface area contributed by atoms with E-state index in [9.17, 15) is 9.59 Å². The maximum atomic E-state index is 13.8. The number of esters is 1. The van der Waals surface area contributed by atoms with Crippen LogP contribution >= 0.6 is 22.9 Å². The highest BCUT2D eigenvalue weighted by Crippen LogP contribution is 2.36. The largest absolute Gasteiger partial charge is 0.497 e. The van der Waals surface area contributed by atoms with Crippen LogP contribution in [0, 0.1) is 0 Å². The lowest BCUT2D eigenvalue weighted by Gasteiger charge is -2.24. The van der Waals surface area contributed by atoms with Gasteiger partial charge in [0, 0.05) is 0 Å². The summed E-state index contributed by atoms with van der Waals surface area (Å²) in [5, 5.41) is 0.365. The molecule has 1 aliphatic rings. The molecule has 10 heteroatoms. The van der Waals surface area contributed by atoms with E-state index in [0.29, 0.717) is 55.0 Å². The molecule has 3 aromatic rings. The fourth-order valence-corrected chi connectivity index (χ4v) is 5.52. The predicted molar refractivity (Wildman–Crippen MR) is 143 cm³/mol. The van der Waals surface area contributed by atoms with Crippen molar-refractivity contribution in [2.75, 3.05) is 27.4 Å². The zero-order chi connectivity index (χ0) is 26.7. The van der Waals surface area contributed by atoms with Crippen molar-refractivity contribution >= 4 is 35.0 Å². The molecule has 1 aromatic heterocycles. The van der Waals surface area contributed by atoms with Gasteiger partial charge in [0.05, 0.1) is 54.3 Å². The van der Waals surface area contributed by atoms with Gasteiger partial charge in [-0.3, -0.25) is 9.36 Å². The lowest BCUT2D eigenvalue weighted by molar-refractivity contribution is -0.139. The molecule has 4 rings (SSSR count). The van der Waals surface area contributed by atoms with Crippen LogP contribution in [0.15, 0.2) is 57.5 Å². The highest BCUT2D eigenvalue weighted by atomic mass is 35.5. The molecule has 0 spiro atoms. The summed E-state index contributed by atoms with van der Waals surface area (Å²) in [4.78, 5) is 31.9. The first-order valence-electron chi connectivity index (χ1n) is 11.7. The van der Waals surface area contributed by atoms with Gasteiger partial charge in [0.15, 0.2) is 16.3 Å². The number of halogens is 1. The van der Waals surface area contributed by atoms with Gasteiger partial charge in [0.25, 0.3) is 5.56 Å². The van der Waals surface area contributed by atoms with Gasteiger partial charge >= 0.3 is 5.97 Å². The molecule has 0 unspecified atom stereocenters. The number of allylic oxidation sites excluding steroid dienone is 1. The van der Waals surface area contributed by atoms with Crippen molar-refractivity contribution in [1.82, 2.24) is 4.57 Å². The third-order valence-electron chi connectivity index (χ3n) is 5.78. The molecule has 0 saturated heterocycles. The van der Waals surface area contributed by atoms with Gasteiger partial charge < -0.3 is 18.9 Å². The first-order chi connectivity index (χ1) is 17.8. The van der Waals surface area contributed by atoms with Gasteiger partial charge in [-0.15, -0.1) is 0 Å². The van der Waals surface area contributed by atoms with Crippen LogP contribution in [0.3, 0.4) is 0 Å². The third-order valence-corrected chi connectivity index (χ3v) is 7.05. The summed E-state index contributed by atoms with van der Waals surface area (Å²) in [6, 6.07) is 10.0. The van der Waals surface area contributed by atoms with Crippen molar-refractivity contribution in [2.45, 2.75) is 26.8 Å². The van der Waals surface area contributed by atoms with Gasteiger partial charge in [-0.05, 0) is 62.2 Å². The highest BCUT2D eigenvalue weighted by Gasteiger charge is 2.33. The first-order valence-corrected chi connectivity index (χ1v) is 12.9. The van der Waals surface area contributed by atoms with Crippen LogP contribution in [0.2, 0.25) is 5.02 Å². The Morgan fingerprint density at radius 1 is 1.14 bits per heavy atom. The normalized spacial score (nSPS) is 15.2. The molecule has 0 amide bonds. The number of rotatable bonds is 8. The summed E-state index contributed by atoms with van der Waals surface area (Å²) in [6.45, 7) is 5.98. The summed E-state index contributed by atoms with van der Waals surface area (Å²) in [5.74, 6) is 1.06. The first kappa shape index (κ1) is 26.5. The molecule has 1 atom stereocenters. The number of ether oxygens (including phenoxy) is 4. The number of hydrogen-bond acceptors (Lipinski definition) is 8. The summed E-state index contributed by atoms with van der Waals surface area (Å²) in [7, 11) is 3.10. The second-order valence-electron chi connectivity index (χ2n) is 8.04. The van der Waals surface area contributed by atoms with Crippen LogP contribution in [-0.4, -0.2) is 38.0 Å². The van der Waals surface area contributed by atoms with Gasteiger partial charge in [0.1, 0.15) is 5.75 Å². The second-order valence-corrected chi connectivity index (χ2v) is 9.46. The maximum absolute atomic E-state index is 13.8. The minimum absolute atomic E-state index is 0.204. The summed E-state index contributed by atoms with van der Waals surface area (Å²) in [6.07, 6.45) is 1.73. The lowest BCUT2D eigenvalue weighted by atomic mass is 9.96. The van der Waals surface area contributed by atoms with Gasteiger partial charge in [-0.25, -0.2) is 9.79 Å². The fraction of sp³-hybridized carbons (Fsp3) is 0.296. The molecule has 0 N–H and O–H groups in total. The van der Waals surface area contributed by atoms with Crippen molar-refractivity contribution in [2.24, 2.45) is 4.99 Å². The van der Waals surface area contributed by atoms with E-state index >= 15 is 0 Å². The summed E-state index contributed by atoms with van der Waals surface area (Å²) >= 11 is 7.65. The Morgan fingerprint density at radius 3 is 2.49 bits per heavy atom. The predicted octanol–water partition coefficient (Wildman–Crippen LogP) is 3.87. The monoisotopic (exact) mass is 542 g/mol. The fourth-order valence-electron chi connectivity index (χ4n) is 4.18. The molecule has 0 saturated carbocycles. The van der Waals surface area contributed by atoms with E-state index in [0.717, 1.165) is 5.56 Å². The number of benzene rings is 2. The maximum Gasteiger partial charge on any atom is 0.338 e. The number of carbonyl (C=O) groups is 1.